The van der Waals surface area contributed by atoms with Gasteiger partial charge in [0.2, 0.25) is 0 Å². The highest BCUT2D eigenvalue weighted by Gasteiger charge is 2.38. The summed E-state index contributed by atoms with van der Waals surface area (Å²) in [5.41, 5.74) is 0.0775. The number of halogens is 1. The molecule has 2 N–H and O–H groups in total. The predicted octanol–water partition coefficient (Wildman–Crippen LogP) is 2.00. The minimum atomic E-state index is -0.564. The highest BCUT2D eigenvalue weighted by molar-refractivity contribution is 6.33. The van der Waals surface area contributed by atoms with Crippen molar-refractivity contribution in [3.63, 3.8) is 0 Å². The monoisotopic (exact) mass is 264 g/mol. The first-order valence-corrected chi connectivity index (χ1v) is 6.19. The molecule has 5 nitrogen and oxygen atoms in total. The zero-order valence-corrected chi connectivity index (χ0v) is 10.6. The topological polar surface area (TPSA) is 70.9 Å². The quantitative estimate of drug-likeness (QED) is 0.868. The van der Waals surface area contributed by atoms with Gasteiger partial charge in [0.25, 0.3) is 0 Å². The number of nitrogens with zero attached hydrogens (tertiary/aromatic N) is 3. The molecule has 94 valence electrons. The van der Waals surface area contributed by atoms with E-state index in [0.29, 0.717) is 29.3 Å². The fraction of sp³-hybridized carbons (Fsp3) is 0.417. The van der Waals surface area contributed by atoms with Crippen LogP contribution < -0.4 is 5.32 Å². The summed E-state index contributed by atoms with van der Waals surface area (Å²) in [5, 5.41) is 22.1. The van der Waals surface area contributed by atoms with Gasteiger partial charge in [0.15, 0.2) is 11.0 Å². The molecule has 2 aromatic heterocycles. The van der Waals surface area contributed by atoms with Crippen LogP contribution in [0.4, 0.5) is 5.82 Å². The molecule has 0 bridgehead atoms. The number of aliphatic hydroxyl groups is 1. The molecule has 0 amide bonds. The van der Waals surface area contributed by atoms with Crippen LogP contribution in [0, 0.1) is 0 Å². The van der Waals surface area contributed by atoms with Crippen LogP contribution in [0.3, 0.4) is 0 Å². The Kier molecular flexibility index (Phi) is 2.60. The lowest BCUT2D eigenvalue weighted by atomic mass is 9.77. The zero-order chi connectivity index (χ0) is 12.8. The molecular formula is C12H13ClN4O. The Morgan fingerprint density at radius 1 is 1.44 bits per heavy atom. The lowest BCUT2D eigenvalue weighted by Gasteiger charge is -2.41. The van der Waals surface area contributed by atoms with Gasteiger partial charge in [0, 0.05) is 17.6 Å². The van der Waals surface area contributed by atoms with Crippen molar-refractivity contribution in [2.45, 2.75) is 31.4 Å². The molecule has 1 aliphatic carbocycles. The normalized spacial score (nSPS) is 26.9. The number of rotatable bonds is 2. The fourth-order valence-electron chi connectivity index (χ4n) is 2.36. The molecule has 0 atom stereocenters. The highest BCUT2D eigenvalue weighted by Crippen LogP contribution is 2.34. The number of hydrogen-bond donors (Lipinski definition) is 2. The molecule has 18 heavy (non-hydrogen) atoms. The minimum Gasteiger partial charge on any atom is -0.390 e. The van der Waals surface area contributed by atoms with Crippen LogP contribution in [0.25, 0.3) is 10.9 Å². The van der Waals surface area contributed by atoms with E-state index >= 15 is 0 Å². The third kappa shape index (κ3) is 2.00. The molecule has 0 aromatic carbocycles. The molecule has 1 fully saturated rings. The Bertz CT molecular complexity index is 594. The molecule has 0 saturated heterocycles. The van der Waals surface area contributed by atoms with E-state index in [9.17, 15) is 5.11 Å². The summed E-state index contributed by atoms with van der Waals surface area (Å²) in [6.07, 6.45) is 3.09. The van der Waals surface area contributed by atoms with E-state index in [1.54, 1.807) is 6.20 Å². The van der Waals surface area contributed by atoms with Crippen molar-refractivity contribution in [1.82, 2.24) is 15.2 Å². The summed E-state index contributed by atoms with van der Waals surface area (Å²) in [5.74, 6) is 0.669. The Labute approximate surface area is 109 Å². The molecule has 0 unspecified atom stereocenters. The number of fused-ring (bicyclic) bond motifs is 1. The lowest BCUT2D eigenvalue weighted by Crippen LogP contribution is -2.48. The molecule has 0 radical (unpaired) electrons. The number of nitrogens with one attached hydrogen (secondary N) is 1. The van der Waals surface area contributed by atoms with Gasteiger partial charge in [-0.25, -0.2) is 0 Å². The van der Waals surface area contributed by atoms with Gasteiger partial charge in [-0.05, 0) is 31.9 Å². The first-order chi connectivity index (χ1) is 8.55. The van der Waals surface area contributed by atoms with E-state index in [0.717, 1.165) is 5.39 Å². The van der Waals surface area contributed by atoms with Crippen molar-refractivity contribution in [2.24, 2.45) is 0 Å². The summed E-state index contributed by atoms with van der Waals surface area (Å²) in [6.45, 7) is 1.83. The van der Waals surface area contributed by atoms with Crippen LogP contribution in [0.1, 0.15) is 19.8 Å². The van der Waals surface area contributed by atoms with Crippen molar-refractivity contribution >= 4 is 28.3 Å². The van der Waals surface area contributed by atoms with Gasteiger partial charge < -0.3 is 10.4 Å². The number of hydrogen-bond acceptors (Lipinski definition) is 5. The highest BCUT2D eigenvalue weighted by atomic mass is 35.5. The molecule has 0 spiro atoms. The van der Waals surface area contributed by atoms with Crippen molar-refractivity contribution in [1.29, 1.82) is 0 Å². The third-order valence-electron chi connectivity index (χ3n) is 3.21. The van der Waals surface area contributed by atoms with Gasteiger partial charge in [-0.15, -0.1) is 10.2 Å². The first kappa shape index (κ1) is 11.6. The van der Waals surface area contributed by atoms with Crippen LogP contribution in [0.2, 0.25) is 5.15 Å². The zero-order valence-electron chi connectivity index (χ0n) is 9.89. The van der Waals surface area contributed by atoms with E-state index in [4.69, 9.17) is 11.6 Å². The van der Waals surface area contributed by atoms with Crippen LogP contribution in [0.15, 0.2) is 18.3 Å². The average Bonchev–Trinajstić information content (AvgIpc) is 2.31. The molecule has 2 aromatic rings. The Morgan fingerprint density at radius 2 is 2.22 bits per heavy atom. The number of pyridine rings is 1. The van der Waals surface area contributed by atoms with E-state index < -0.39 is 5.60 Å². The van der Waals surface area contributed by atoms with Gasteiger partial charge >= 0.3 is 0 Å². The third-order valence-corrected chi connectivity index (χ3v) is 3.46. The molecule has 3 rings (SSSR count). The average molecular weight is 265 g/mol. The first-order valence-electron chi connectivity index (χ1n) is 5.81. The Morgan fingerprint density at radius 3 is 2.94 bits per heavy atom. The summed E-state index contributed by atoms with van der Waals surface area (Å²) in [4.78, 5) is 4.20. The van der Waals surface area contributed by atoms with Crippen LogP contribution in [0.5, 0.6) is 0 Å². The van der Waals surface area contributed by atoms with Crippen molar-refractivity contribution < 1.29 is 5.11 Å². The summed E-state index contributed by atoms with van der Waals surface area (Å²) >= 11 is 5.95. The van der Waals surface area contributed by atoms with Crippen molar-refractivity contribution in [3.05, 3.63) is 23.5 Å². The van der Waals surface area contributed by atoms with Crippen LogP contribution in [-0.4, -0.2) is 31.9 Å². The minimum absolute atomic E-state index is 0.221. The van der Waals surface area contributed by atoms with Crippen LogP contribution in [-0.2, 0) is 0 Å². The number of aromatic nitrogens is 3. The molecular weight excluding hydrogens is 252 g/mol. The standard InChI is InChI=1S/C12H13ClN4O/c1-12(18)5-7(6-12)15-11-8-3-2-4-14-9(8)10(13)16-17-11/h2-4,7,18H,5-6H2,1H3,(H,15,17)/t7-,12+. The second-order valence-electron chi connectivity index (χ2n) is 4.99. The van der Waals surface area contributed by atoms with E-state index in [1.165, 1.54) is 0 Å². The van der Waals surface area contributed by atoms with Gasteiger partial charge in [-0.1, -0.05) is 11.6 Å². The SMILES string of the molecule is C[C@]1(O)C[C@@H](Nc2nnc(Cl)c3ncccc23)C1. The van der Waals surface area contributed by atoms with E-state index in [1.807, 2.05) is 19.1 Å². The molecule has 2 heterocycles. The molecule has 0 aliphatic heterocycles. The maximum atomic E-state index is 9.71. The van der Waals surface area contributed by atoms with Gasteiger partial charge in [-0.3, -0.25) is 4.98 Å². The summed E-state index contributed by atoms with van der Waals surface area (Å²) in [7, 11) is 0. The van der Waals surface area contributed by atoms with Crippen LogP contribution >= 0.6 is 11.6 Å². The molecule has 6 heteroatoms. The Balaban J connectivity index is 1.91. The predicted molar refractivity (Wildman–Crippen MR) is 69.6 cm³/mol. The molecule has 1 aliphatic rings. The van der Waals surface area contributed by atoms with Gasteiger partial charge in [0.1, 0.15) is 5.52 Å². The molecule has 1 saturated carbocycles. The van der Waals surface area contributed by atoms with E-state index in [-0.39, 0.29) is 6.04 Å². The largest absolute Gasteiger partial charge is 0.390 e. The smallest absolute Gasteiger partial charge is 0.178 e. The second-order valence-corrected chi connectivity index (χ2v) is 5.34. The Hall–Kier alpha value is -1.46. The van der Waals surface area contributed by atoms with Gasteiger partial charge in [0.05, 0.1) is 5.60 Å². The summed E-state index contributed by atoms with van der Waals surface area (Å²) < 4.78 is 0. The summed E-state index contributed by atoms with van der Waals surface area (Å²) in [6, 6.07) is 3.96. The lowest BCUT2D eigenvalue weighted by molar-refractivity contribution is -0.0235. The van der Waals surface area contributed by atoms with E-state index in [2.05, 4.69) is 20.5 Å². The van der Waals surface area contributed by atoms with Gasteiger partial charge in [-0.2, -0.15) is 0 Å². The van der Waals surface area contributed by atoms with Crippen molar-refractivity contribution in [2.75, 3.05) is 5.32 Å². The number of anilines is 1. The van der Waals surface area contributed by atoms with Crippen molar-refractivity contribution in [3.8, 4) is 0 Å². The maximum absolute atomic E-state index is 9.71. The maximum Gasteiger partial charge on any atom is 0.178 e. The fourth-order valence-corrected chi connectivity index (χ4v) is 2.55. The second kappa shape index (κ2) is 4.03.